The maximum atomic E-state index is 12.5. The van der Waals surface area contributed by atoms with Gasteiger partial charge in [-0.25, -0.2) is 19.3 Å². The van der Waals surface area contributed by atoms with Crippen molar-refractivity contribution in [2.45, 2.75) is 0 Å². The Morgan fingerprint density at radius 1 is 1.10 bits per heavy atom. The number of hydrogen-bond donors (Lipinski definition) is 0. The van der Waals surface area contributed by atoms with Crippen LogP contribution in [-0.2, 0) is 7.05 Å². The summed E-state index contributed by atoms with van der Waals surface area (Å²) in [6, 6.07) is 6.36. The Labute approximate surface area is 128 Å². The molecule has 0 amide bonds. The first-order chi connectivity index (χ1) is 9.99. The molecule has 8 heteroatoms. The summed E-state index contributed by atoms with van der Waals surface area (Å²) in [6.45, 7) is 0. The third kappa shape index (κ3) is 2.22. The van der Waals surface area contributed by atoms with E-state index in [-0.39, 0.29) is 16.3 Å². The first-order valence-corrected chi connectivity index (χ1v) is 6.65. The van der Waals surface area contributed by atoms with Crippen molar-refractivity contribution in [1.82, 2.24) is 19.1 Å². The highest BCUT2D eigenvalue weighted by Gasteiger charge is 2.14. The van der Waals surface area contributed by atoms with Crippen LogP contribution in [0.4, 0.5) is 0 Å². The van der Waals surface area contributed by atoms with Gasteiger partial charge in [0.1, 0.15) is 5.15 Å². The van der Waals surface area contributed by atoms with Crippen molar-refractivity contribution >= 4 is 34.4 Å². The number of hydrogen-bond acceptors (Lipinski definition) is 4. The van der Waals surface area contributed by atoms with Crippen molar-refractivity contribution in [2.75, 3.05) is 0 Å². The summed E-state index contributed by atoms with van der Waals surface area (Å²) >= 11 is 11.6. The molecule has 106 valence electrons. The molecule has 0 radical (unpaired) electrons. The van der Waals surface area contributed by atoms with Crippen LogP contribution in [0.3, 0.4) is 0 Å². The van der Waals surface area contributed by atoms with Gasteiger partial charge in [0.05, 0.1) is 11.9 Å². The van der Waals surface area contributed by atoms with E-state index in [1.54, 1.807) is 24.3 Å². The third-order valence-corrected chi connectivity index (χ3v) is 3.45. The quantitative estimate of drug-likeness (QED) is 0.684. The molecule has 2 heterocycles. The van der Waals surface area contributed by atoms with Gasteiger partial charge in [0.25, 0.3) is 5.56 Å². The second-order valence-electron chi connectivity index (χ2n) is 4.32. The van der Waals surface area contributed by atoms with Crippen molar-refractivity contribution < 1.29 is 0 Å². The number of fused-ring (bicyclic) bond motifs is 1. The van der Waals surface area contributed by atoms with Gasteiger partial charge in [-0.15, -0.1) is 0 Å². The van der Waals surface area contributed by atoms with E-state index in [1.165, 1.54) is 17.8 Å². The first kappa shape index (κ1) is 13.8. The molecule has 0 aliphatic carbocycles. The molecule has 0 unspecified atom stereocenters. The second kappa shape index (κ2) is 4.98. The molecule has 0 saturated heterocycles. The van der Waals surface area contributed by atoms with E-state index in [9.17, 15) is 9.59 Å². The van der Waals surface area contributed by atoms with Crippen LogP contribution in [0, 0.1) is 0 Å². The van der Waals surface area contributed by atoms with Crippen LogP contribution in [0.5, 0.6) is 0 Å². The van der Waals surface area contributed by atoms with E-state index >= 15 is 0 Å². The molecule has 0 atom stereocenters. The summed E-state index contributed by atoms with van der Waals surface area (Å²) in [7, 11) is 1.50. The van der Waals surface area contributed by atoms with Crippen molar-refractivity contribution in [3.63, 3.8) is 0 Å². The smallest absolute Gasteiger partial charge is 0.279 e. The number of rotatable bonds is 1. The van der Waals surface area contributed by atoms with E-state index in [4.69, 9.17) is 23.2 Å². The van der Waals surface area contributed by atoms with Gasteiger partial charge in [0, 0.05) is 12.1 Å². The zero-order valence-electron chi connectivity index (χ0n) is 10.7. The standard InChI is InChI=1S/C13H8Cl2N4O2/c1-18-11-10(16-6-9(15)17-11)12(20)19(13(18)21)8-4-2-7(14)3-5-8/h2-6H,1H3. The van der Waals surface area contributed by atoms with Crippen molar-refractivity contribution in [2.24, 2.45) is 7.05 Å². The van der Waals surface area contributed by atoms with Crippen LogP contribution >= 0.6 is 23.2 Å². The monoisotopic (exact) mass is 322 g/mol. The number of benzene rings is 1. The molecule has 0 fully saturated rings. The molecule has 0 saturated carbocycles. The van der Waals surface area contributed by atoms with E-state index in [0.29, 0.717) is 10.7 Å². The average molecular weight is 323 g/mol. The molecule has 0 aliphatic heterocycles. The highest BCUT2D eigenvalue weighted by molar-refractivity contribution is 6.30. The molecule has 0 bridgehead atoms. The maximum absolute atomic E-state index is 12.5. The summed E-state index contributed by atoms with van der Waals surface area (Å²) in [5, 5.41) is 0.622. The van der Waals surface area contributed by atoms with Gasteiger partial charge in [0.15, 0.2) is 11.2 Å². The number of nitrogens with zero attached hydrogens (tertiary/aromatic N) is 4. The maximum Gasteiger partial charge on any atom is 0.337 e. The zero-order valence-corrected chi connectivity index (χ0v) is 12.3. The minimum absolute atomic E-state index is 0.0662. The second-order valence-corrected chi connectivity index (χ2v) is 5.15. The fourth-order valence-electron chi connectivity index (χ4n) is 1.99. The Morgan fingerprint density at radius 2 is 1.76 bits per heavy atom. The SMILES string of the molecule is Cn1c(=O)n(-c2ccc(Cl)cc2)c(=O)c2ncc(Cl)nc21. The highest BCUT2D eigenvalue weighted by Crippen LogP contribution is 2.12. The van der Waals surface area contributed by atoms with Gasteiger partial charge in [0.2, 0.25) is 0 Å². The Balaban J connectivity index is 2.45. The van der Waals surface area contributed by atoms with Crippen LogP contribution in [-0.4, -0.2) is 19.1 Å². The summed E-state index contributed by atoms with van der Waals surface area (Å²) < 4.78 is 2.24. The van der Waals surface area contributed by atoms with E-state index < -0.39 is 11.2 Å². The molecule has 0 N–H and O–H groups in total. The highest BCUT2D eigenvalue weighted by atomic mass is 35.5. The lowest BCUT2D eigenvalue weighted by Crippen LogP contribution is -2.38. The molecule has 0 spiro atoms. The Kier molecular flexibility index (Phi) is 3.27. The average Bonchev–Trinajstić information content (AvgIpc) is 2.47. The molecular weight excluding hydrogens is 315 g/mol. The lowest BCUT2D eigenvalue weighted by atomic mass is 10.3. The van der Waals surface area contributed by atoms with Crippen LogP contribution in [0.25, 0.3) is 16.9 Å². The van der Waals surface area contributed by atoms with Gasteiger partial charge < -0.3 is 0 Å². The fraction of sp³-hybridized carbons (Fsp3) is 0.0769. The van der Waals surface area contributed by atoms with Gasteiger partial charge in [-0.3, -0.25) is 9.36 Å². The van der Waals surface area contributed by atoms with E-state index in [2.05, 4.69) is 9.97 Å². The number of aryl methyl sites for hydroxylation is 1. The lowest BCUT2D eigenvalue weighted by Gasteiger charge is -2.09. The minimum atomic E-state index is -0.556. The summed E-state index contributed by atoms with van der Waals surface area (Å²) in [4.78, 5) is 32.8. The Bertz CT molecular complexity index is 961. The molecule has 21 heavy (non-hydrogen) atoms. The summed E-state index contributed by atoms with van der Waals surface area (Å²) in [5.41, 5.74) is -0.478. The lowest BCUT2D eigenvalue weighted by molar-refractivity contribution is 0.760. The van der Waals surface area contributed by atoms with Gasteiger partial charge >= 0.3 is 5.69 Å². The molecule has 3 rings (SSSR count). The van der Waals surface area contributed by atoms with Crippen LogP contribution in [0.15, 0.2) is 40.1 Å². The fourth-order valence-corrected chi connectivity index (χ4v) is 2.25. The van der Waals surface area contributed by atoms with Gasteiger partial charge in [-0.1, -0.05) is 23.2 Å². The van der Waals surface area contributed by atoms with Crippen LogP contribution < -0.4 is 11.2 Å². The topological polar surface area (TPSA) is 69.8 Å². The van der Waals surface area contributed by atoms with E-state index in [1.807, 2.05) is 0 Å². The van der Waals surface area contributed by atoms with E-state index in [0.717, 1.165) is 4.57 Å². The number of halogens is 2. The largest absolute Gasteiger partial charge is 0.337 e. The molecule has 1 aromatic carbocycles. The van der Waals surface area contributed by atoms with Gasteiger partial charge in [-0.2, -0.15) is 0 Å². The predicted molar refractivity (Wildman–Crippen MR) is 80.4 cm³/mol. The third-order valence-electron chi connectivity index (χ3n) is 3.01. The van der Waals surface area contributed by atoms with Crippen molar-refractivity contribution in [3.8, 4) is 5.69 Å². The number of aromatic nitrogens is 4. The molecule has 3 aromatic rings. The summed E-state index contributed by atoms with van der Waals surface area (Å²) in [6.07, 6.45) is 1.27. The Hall–Kier alpha value is -2.18. The minimum Gasteiger partial charge on any atom is -0.279 e. The van der Waals surface area contributed by atoms with Crippen molar-refractivity contribution in [1.29, 1.82) is 0 Å². The van der Waals surface area contributed by atoms with Crippen molar-refractivity contribution in [3.05, 3.63) is 61.5 Å². The predicted octanol–water partition coefficient (Wildman–Crippen LogP) is 1.79. The zero-order chi connectivity index (χ0) is 15.1. The summed E-state index contributed by atoms with van der Waals surface area (Å²) in [5.74, 6) is 0. The molecule has 6 nitrogen and oxygen atoms in total. The molecular formula is C13H8Cl2N4O2. The molecule has 2 aromatic heterocycles. The molecule has 0 aliphatic rings. The normalized spacial score (nSPS) is 11.0. The van der Waals surface area contributed by atoms with Crippen LogP contribution in [0.2, 0.25) is 10.2 Å². The Morgan fingerprint density at radius 3 is 2.43 bits per heavy atom. The van der Waals surface area contributed by atoms with Crippen LogP contribution in [0.1, 0.15) is 0 Å². The van der Waals surface area contributed by atoms with Gasteiger partial charge in [-0.05, 0) is 24.3 Å². The first-order valence-electron chi connectivity index (χ1n) is 5.89.